The van der Waals surface area contributed by atoms with Gasteiger partial charge in [-0.3, -0.25) is 0 Å². The van der Waals surface area contributed by atoms with Crippen LogP contribution in [-0.4, -0.2) is 4.86 Å². The average Bonchev–Trinajstić information content (AvgIpc) is 2.14. The predicted octanol–water partition coefficient (Wildman–Crippen LogP) is 2.38. The molecule has 1 aliphatic rings. The molecule has 0 aromatic carbocycles. The molecule has 0 amide bonds. The molecule has 0 spiro atoms. The summed E-state index contributed by atoms with van der Waals surface area (Å²) in [5.74, 6) is 0.685. The average molecular weight is 127 g/mol. The molecule has 1 atom stereocenters. The van der Waals surface area contributed by atoms with Crippen LogP contribution < -0.4 is 0 Å². The van der Waals surface area contributed by atoms with Crippen LogP contribution in [0.1, 0.15) is 25.7 Å². The van der Waals surface area contributed by atoms with Crippen LogP contribution in [0, 0.1) is 12.8 Å². The van der Waals surface area contributed by atoms with Gasteiger partial charge in [-0.25, -0.2) is 0 Å². The molecule has 1 radical (unpaired) electrons. The molecule has 1 fully saturated rings. The minimum atomic E-state index is 0.685. The van der Waals surface area contributed by atoms with Crippen LogP contribution in [-0.2, 0) is 0 Å². The van der Waals surface area contributed by atoms with Gasteiger partial charge in [0.2, 0.25) is 0 Å². The smallest absolute Gasteiger partial charge is 0.00406 e. The van der Waals surface area contributed by atoms with Crippen molar-refractivity contribution in [3.8, 4) is 0 Å². The molecule has 45 valence electrons. The highest BCUT2D eigenvalue weighted by atomic mass is 32.1. The fourth-order valence-corrected chi connectivity index (χ4v) is 1.57. The van der Waals surface area contributed by atoms with Gasteiger partial charge in [-0.1, -0.05) is 19.1 Å². The van der Waals surface area contributed by atoms with Gasteiger partial charge in [0.1, 0.15) is 0 Å². The molecule has 0 bridgehead atoms. The highest BCUT2D eigenvalue weighted by Crippen LogP contribution is 2.24. The quantitative estimate of drug-likeness (QED) is 0.487. The number of rotatable bonds is 1. The molecule has 0 saturated heterocycles. The first-order valence-corrected chi connectivity index (χ1v) is 3.57. The second-order valence-corrected chi connectivity index (χ2v) is 2.87. The van der Waals surface area contributed by atoms with Crippen molar-refractivity contribution >= 4 is 17.1 Å². The van der Waals surface area contributed by atoms with Crippen molar-refractivity contribution in [2.45, 2.75) is 25.7 Å². The Labute approximate surface area is 56.3 Å². The minimum absolute atomic E-state index is 0.685. The first kappa shape index (κ1) is 6.21. The van der Waals surface area contributed by atoms with Gasteiger partial charge in [0.05, 0.1) is 0 Å². The Morgan fingerprint density at radius 1 is 1.75 bits per heavy atom. The lowest BCUT2D eigenvalue weighted by molar-refractivity contribution is 0.677. The van der Waals surface area contributed by atoms with Crippen molar-refractivity contribution < 1.29 is 0 Å². The van der Waals surface area contributed by atoms with Gasteiger partial charge in [-0.15, -0.1) is 0 Å². The van der Waals surface area contributed by atoms with Crippen molar-refractivity contribution in [1.29, 1.82) is 0 Å². The molecule has 0 N–H and O–H groups in total. The topological polar surface area (TPSA) is 0 Å². The Hall–Kier alpha value is 0.0900. The third kappa shape index (κ3) is 1.08. The van der Waals surface area contributed by atoms with E-state index in [-0.39, 0.29) is 0 Å². The molecule has 0 aromatic rings. The van der Waals surface area contributed by atoms with Gasteiger partial charge < -0.3 is 0 Å². The molecule has 1 unspecified atom stereocenters. The van der Waals surface area contributed by atoms with E-state index in [0.29, 0.717) is 5.92 Å². The molecule has 1 rings (SSSR count). The van der Waals surface area contributed by atoms with Crippen molar-refractivity contribution in [3.63, 3.8) is 0 Å². The zero-order chi connectivity index (χ0) is 5.98. The Morgan fingerprint density at radius 3 is 2.75 bits per heavy atom. The second-order valence-electron chi connectivity index (χ2n) is 2.34. The zero-order valence-corrected chi connectivity index (χ0v) is 5.84. The van der Waals surface area contributed by atoms with E-state index in [2.05, 4.69) is 6.92 Å². The van der Waals surface area contributed by atoms with E-state index in [0.717, 1.165) is 6.42 Å². The summed E-state index contributed by atoms with van der Waals surface area (Å²) in [4.78, 5) is 1.26. The Bertz CT molecular complexity index is 96.6. The third-order valence-corrected chi connectivity index (χ3v) is 2.32. The van der Waals surface area contributed by atoms with Crippen LogP contribution in [0.15, 0.2) is 0 Å². The van der Waals surface area contributed by atoms with Crippen LogP contribution in [0.5, 0.6) is 0 Å². The number of thiocarbonyl (C=S) groups is 1. The van der Waals surface area contributed by atoms with Gasteiger partial charge in [-0.05, 0) is 36.5 Å². The molecule has 1 aliphatic carbocycles. The first-order valence-electron chi connectivity index (χ1n) is 3.16. The van der Waals surface area contributed by atoms with Gasteiger partial charge in [-0.2, -0.15) is 0 Å². The van der Waals surface area contributed by atoms with E-state index in [9.17, 15) is 0 Å². The monoisotopic (exact) mass is 127 g/mol. The van der Waals surface area contributed by atoms with Gasteiger partial charge in [0.15, 0.2) is 0 Å². The van der Waals surface area contributed by atoms with Crippen LogP contribution in [0.2, 0.25) is 0 Å². The molecule has 0 aromatic heterocycles. The highest BCUT2D eigenvalue weighted by molar-refractivity contribution is 7.80. The summed E-state index contributed by atoms with van der Waals surface area (Å²) < 4.78 is 0. The largest absolute Gasteiger partial charge is 0.0894 e. The standard InChI is InChI=1S/C7H11S/c1-2-6-4-3-5-7(6)8/h6H,1-5H2. The van der Waals surface area contributed by atoms with Gasteiger partial charge in [0.25, 0.3) is 0 Å². The first-order chi connectivity index (χ1) is 3.84. The van der Waals surface area contributed by atoms with Gasteiger partial charge >= 0.3 is 0 Å². The molecule has 1 heteroatoms. The minimum Gasteiger partial charge on any atom is -0.0894 e. The normalized spacial score (nSPS) is 29.1. The summed E-state index contributed by atoms with van der Waals surface area (Å²) in [5.41, 5.74) is 0. The maximum atomic E-state index is 5.10. The van der Waals surface area contributed by atoms with E-state index >= 15 is 0 Å². The highest BCUT2D eigenvalue weighted by Gasteiger charge is 2.17. The fourth-order valence-electron chi connectivity index (χ4n) is 1.19. The molecule has 8 heavy (non-hydrogen) atoms. The second kappa shape index (κ2) is 2.58. The summed E-state index contributed by atoms with van der Waals surface area (Å²) in [7, 11) is 0. The maximum absolute atomic E-state index is 5.10. The van der Waals surface area contributed by atoms with Crippen LogP contribution in [0.25, 0.3) is 0 Å². The summed E-state index contributed by atoms with van der Waals surface area (Å²) in [5, 5.41) is 0. The molecule has 0 heterocycles. The Balaban J connectivity index is 2.42. The van der Waals surface area contributed by atoms with Gasteiger partial charge in [0, 0.05) is 0 Å². The lowest BCUT2D eigenvalue weighted by Crippen LogP contribution is -2.00. The SMILES string of the molecule is [CH2]CC1CCCC1=S. The lowest BCUT2D eigenvalue weighted by Gasteiger charge is -2.02. The predicted molar refractivity (Wildman–Crippen MR) is 39.9 cm³/mol. The van der Waals surface area contributed by atoms with E-state index in [1.807, 2.05) is 0 Å². The van der Waals surface area contributed by atoms with Crippen molar-refractivity contribution in [2.75, 3.05) is 0 Å². The van der Waals surface area contributed by atoms with E-state index in [1.54, 1.807) is 0 Å². The van der Waals surface area contributed by atoms with E-state index in [1.165, 1.54) is 24.1 Å². The summed E-state index contributed by atoms with van der Waals surface area (Å²) in [6.45, 7) is 3.83. The zero-order valence-electron chi connectivity index (χ0n) is 5.02. The molecule has 0 nitrogen and oxygen atoms in total. The Kier molecular flexibility index (Phi) is 2.01. The van der Waals surface area contributed by atoms with Crippen molar-refractivity contribution in [1.82, 2.24) is 0 Å². The summed E-state index contributed by atoms with van der Waals surface area (Å²) in [6, 6.07) is 0. The molecule has 0 aliphatic heterocycles. The molecular weight excluding hydrogens is 116 g/mol. The molecule has 1 saturated carbocycles. The number of hydrogen-bond acceptors (Lipinski definition) is 1. The number of hydrogen-bond donors (Lipinski definition) is 0. The van der Waals surface area contributed by atoms with Crippen LogP contribution in [0.4, 0.5) is 0 Å². The van der Waals surface area contributed by atoms with E-state index < -0.39 is 0 Å². The van der Waals surface area contributed by atoms with E-state index in [4.69, 9.17) is 12.2 Å². The lowest BCUT2D eigenvalue weighted by atomic mass is 10.1. The Morgan fingerprint density at radius 2 is 2.50 bits per heavy atom. The summed E-state index contributed by atoms with van der Waals surface area (Å²) >= 11 is 5.10. The fraction of sp³-hybridized carbons (Fsp3) is 0.714. The maximum Gasteiger partial charge on any atom is -0.00406 e. The third-order valence-electron chi connectivity index (χ3n) is 1.78. The summed E-state index contributed by atoms with van der Waals surface area (Å²) in [6.07, 6.45) is 4.79. The molecular formula is C7H11S. The van der Waals surface area contributed by atoms with Crippen LogP contribution >= 0.6 is 12.2 Å². The van der Waals surface area contributed by atoms with Crippen molar-refractivity contribution in [3.05, 3.63) is 6.92 Å². The van der Waals surface area contributed by atoms with Crippen molar-refractivity contribution in [2.24, 2.45) is 5.92 Å². The van der Waals surface area contributed by atoms with Crippen LogP contribution in [0.3, 0.4) is 0 Å².